The number of nitrogens with one attached hydrogen (secondary N) is 2. The molecule has 0 aliphatic carbocycles. The van der Waals surface area contributed by atoms with Gasteiger partial charge in [-0.25, -0.2) is 10.2 Å². The van der Waals surface area contributed by atoms with Crippen molar-refractivity contribution >= 4 is 83.4 Å². The summed E-state index contributed by atoms with van der Waals surface area (Å²) < 4.78 is 18.7. The molecule has 1 aliphatic rings. The molecule has 0 unspecified atom stereocenters. The number of ether oxygens (including phenoxy) is 3. The third-order valence-electron chi connectivity index (χ3n) is 6.26. The number of rotatable bonds is 6. The summed E-state index contributed by atoms with van der Waals surface area (Å²) in [7, 11) is 0. The van der Waals surface area contributed by atoms with E-state index in [-0.39, 0.29) is 12.5 Å². The van der Waals surface area contributed by atoms with Gasteiger partial charge in [0.15, 0.2) is 17.2 Å². The lowest BCUT2D eigenvalue weighted by Crippen LogP contribution is -2.19. The summed E-state index contributed by atoms with van der Waals surface area (Å²) in [6.07, 6.45) is 1.42. The van der Waals surface area contributed by atoms with Crippen LogP contribution in [-0.4, -0.2) is 29.9 Å². The molecule has 5 aromatic rings. The van der Waals surface area contributed by atoms with Crippen molar-refractivity contribution in [3.63, 3.8) is 0 Å². The van der Waals surface area contributed by atoms with E-state index in [0.29, 0.717) is 32.8 Å². The molecule has 0 atom stereocenters. The molecule has 0 spiro atoms. The molecule has 0 radical (unpaired) electrons. The second-order valence-electron chi connectivity index (χ2n) is 8.89. The maximum absolute atomic E-state index is 13.4. The number of H-pyrrole nitrogens is 1. The number of hydrogen-bond donors (Lipinski definition) is 2. The van der Waals surface area contributed by atoms with Crippen LogP contribution in [0, 0.1) is 3.57 Å². The number of esters is 1. The molecule has 1 aromatic heterocycles. The van der Waals surface area contributed by atoms with E-state index in [1.165, 1.54) is 6.21 Å². The molecule has 8 nitrogen and oxygen atoms in total. The van der Waals surface area contributed by atoms with Crippen LogP contribution in [0.2, 0.25) is 0 Å². The molecule has 204 valence electrons. The van der Waals surface area contributed by atoms with Gasteiger partial charge in [-0.3, -0.25) is 4.79 Å². The lowest BCUT2D eigenvalue weighted by Gasteiger charge is -2.11. The Morgan fingerprint density at radius 3 is 2.61 bits per heavy atom. The van der Waals surface area contributed by atoms with Crippen LogP contribution < -0.4 is 19.6 Å². The third-order valence-corrected chi connectivity index (χ3v) is 7.98. The molecule has 6 rings (SSSR count). The molecule has 2 heterocycles. The van der Waals surface area contributed by atoms with Crippen LogP contribution >= 0.6 is 54.5 Å². The standard InChI is InChI=1S/C30H18Br2IN3O5/c31-19-10-18(28(22(32)12-19)41-30(38)17-6-9-24-25(11-17)40-15-39-24)14-34-36-29(37)27-26(16-4-2-1-3-5-16)21-13-20(33)7-8-23(21)35-27/h1-14,35H,15H2,(H,36,37). The molecule has 4 aromatic carbocycles. The minimum atomic E-state index is -0.592. The molecule has 2 N–H and O–H groups in total. The Morgan fingerprint density at radius 2 is 1.78 bits per heavy atom. The zero-order valence-corrected chi connectivity index (χ0v) is 26.2. The Bertz CT molecular complexity index is 1860. The third kappa shape index (κ3) is 5.74. The molecule has 0 saturated carbocycles. The van der Waals surface area contributed by atoms with Crippen LogP contribution in [-0.2, 0) is 0 Å². The van der Waals surface area contributed by atoms with Gasteiger partial charge in [0, 0.05) is 30.1 Å². The maximum Gasteiger partial charge on any atom is 0.343 e. The first-order valence-electron chi connectivity index (χ1n) is 12.2. The van der Waals surface area contributed by atoms with E-state index in [1.807, 2.05) is 48.5 Å². The van der Waals surface area contributed by atoms with Crippen LogP contribution in [0.25, 0.3) is 22.0 Å². The van der Waals surface area contributed by atoms with Crippen molar-refractivity contribution in [1.29, 1.82) is 0 Å². The highest BCUT2D eigenvalue weighted by Gasteiger charge is 2.21. The summed E-state index contributed by atoms with van der Waals surface area (Å²) in [6.45, 7) is 0.100. The highest BCUT2D eigenvalue weighted by molar-refractivity contribution is 14.1. The van der Waals surface area contributed by atoms with E-state index in [2.05, 4.69) is 70.0 Å². The van der Waals surface area contributed by atoms with Crippen molar-refractivity contribution in [1.82, 2.24) is 10.4 Å². The highest BCUT2D eigenvalue weighted by atomic mass is 127. The number of carbonyl (C=O) groups excluding carboxylic acids is 2. The second-order valence-corrected chi connectivity index (χ2v) is 11.9. The number of aromatic nitrogens is 1. The fourth-order valence-corrected chi connectivity index (χ4v) is 6.24. The van der Waals surface area contributed by atoms with E-state index in [1.54, 1.807) is 30.3 Å². The zero-order valence-electron chi connectivity index (χ0n) is 20.9. The quantitative estimate of drug-likeness (QED) is 0.0605. The van der Waals surface area contributed by atoms with Crippen LogP contribution in [0.15, 0.2) is 92.9 Å². The van der Waals surface area contributed by atoms with E-state index in [9.17, 15) is 9.59 Å². The summed E-state index contributed by atoms with van der Waals surface area (Å²) in [5.74, 6) is 0.263. The van der Waals surface area contributed by atoms with Gasteiger partial charge in [-0.05, 0) is 92.6 Å². The number of aromatic amines is 1. The lowest BCUT2D eigenvalue weighted by molar-refractivity contribution is 0.0732. The number of hydrogen-bond acceptors (Lipinski definition) is 6. The van der Waals surface area contributed by atoms with Crippen molar-refractivity contribution in [3.8, 4) is 28.4 Å². The monoisotopic (exact) mass is 785 g/mol. The van der Waals surface area contributed by atoms with Crippen molar-refractivity contribution in [2.45, 2.75) is 0 Å². The van der Waals surface area contributed by atoms with Gasteiger partial charge in [0.1, 0.15) is 5.69 Å². The molecule has 0 saturated heterocycles. The average Bonchev–Trinajstić information content (AvgIpc) is 3.59. The van der Waals surface area contributed by atoms with Gasteiger partial charge >= 0.3 is 5.97 Å². The summed E-state index contributed by atoms with van der Waals surface area (Å²) in [5.41, 5.74) is 6.27. The number of carbonyl (C=O) groups is 2. The van der Waals surface area contributed by atoms with E-state index in [0.717, 1.165) is 30.1 Å². The minimum absolute atomic E-state index is 0.100. The molecular weight excluding hydrogens is 769 g/mol. The molecule has 1 amide bonds. The van der Waals surface area contributed by atoms with Gasteiger partial charge in [-0.15, -0.1) is 0 Å². The van der Waals surface area contributed by atoms with Crippen molar-refractivity contribution < 1.29 is 23.8 Å². The lowest BCUT2D eigenvalue weighted by atomic mass is 10.0. The van der Waals surface area contributed by atoms with Gasteiger partial charge < -0.3 is 19.2 Å². The van der Waals surface area contributed by atoms with Gasteiger partial charge in [-0.2, -0.15) is 5.10 Å². The number of fused-ring (bicyclic) bond motifs is 2. The first-order chi connectivity index (χ1) is 19.9. The molecule has 0 fully saturated rings. The largest absolute Gasteiger partial charge is 0.454 e. The first kappa shape index (κ1) is 27.5. The average molecular weight is 787 g/mol. The number of nitrogens with zero attached hydrogens (tertiary/aromatic N) is 1. The minimum Gasteiger partial charge on any atom is -0.454 e. The normalized spacial score (nSPS) is 12.2. The van der Waals surface area contributed by atoms with Gasteiger partial charge in [0.25, 0.3) is 5.91 Å². The Morgan fingerprint density at radius 1 is 0.976 bits per heavy atom. The fourth-order valence-electron chi connectivity index (χ4n) is 4.41. The summed E-state index contributed by atoms with van der Waals surface area (Å²) in [4.78, 5) is 29.6. The Balaban J connectivity index is 1.27. The Hall–Kier alpha value is -3.68. The molecule has 0 bridgehead atoms. The number of hydrazone groups is 1. The Kier molecular flexibility index (Phi) is 7.82. The van der Waals surface area contributed by atoms with Crippen molar-refractivity contribution in [3.05, 3.63) is 108 Å². The summed E-state index contributed by atoms with van der Waals surface area (Å²) in [5, 5.41) is 5.13. The smallest absolute Gasteiger partial charge is 0.343 e. The van der Waals surface area contributed by atoms with E-state index >= 15 is 0 Å². The summed E-state index contributed by atoms with van der Waals surface area (Å²) in [6, 6.07) is 24.0. The fraction of sp³-hybridized carbons (Fsp3) is 0.0333. The second kappa shape index (κ2) is 11.7. The van der Waals surface area contributed by atoms with Crippen molar-refractivity contribution in [2.75, 3.05) is 6.79 Å². The van der Waals surface area contributed by atoms with Crippen molar-refractivity contribution in [2.24, 2.45) is 5.10 Å². The van der Waals surface area contributed by atoms with Gasteiger partial charge in [0.2, 0.25) is 6.79 Å². The van der Waals surface area contributed by atoms with Crippen LogP contribution in [0.1, 0.15) is 26.4 Å². The zero-order chi connectivity index (χ0) is 28.5. The highest BCUT2D eigenvalue weighted by Crippen LogP contribution is 2.36. The van der Waals surface area contributed by atoms with Gasteiger partial charge in [0.05, 0.1) is 16.3 Å². The molecule has 41 heavy (non-hydrogen) atoms. The number of amides is 1. The van der Waals surface area contributed by atoms with Crippen LogP contribution in [0.5, 0.6) is 17.2 Å². The molecule has 11 heteroatoms. The maximum atomic E-state index is 13.4. The van der Waals surface area contributed by atoms with Crippen LogP contribution in [0.4, 0.5) is 0 Å². The molecular formula is C30H18Br2IN3O5. The van der Waals surface area contributed by atoms with Gasteiger partial charge in [-0.1, -0.05) is 46.3 Å². The van der Waals surface area contributed by atoms with E-state index < -0.39 is 11.9 Å². The first-order valence-corrected chi connectivity index (χ1v) is 14.8. The molecule has 1 aliphatic heterocycles. The van der Waals surface area contributed by atoms with Crippen LogP contribution in [0.3, 0.4) is 0 Å². The van der Waals surface area contributed by atoms with E-state index in [4.69, 9.17) is 14.2 Å². The predicted octanol–water partition coefficient (Wildman–Crippen LogP) is 7.68. The SMILES string of the molecule is O=C(Oc1c(Br)cc(Br)cc1C=NNC(=O)c1[nH]c2ccc(I)cc2c1-c1ccccc1)c1ccc2c(c1)OCO2. The Labute approximate surface area is 264 Å². The predicted molar refractivity (Wildman–Crippen MR) is 171 cm³/mol. The topological polar surface area (TPSA) is 102 Å². The number of halogens is 3. The number of benzene rings is 4. The summed E-state index contributed by atoms with van der Waals surface area (Å²) >= 11 is 9.17.